The lowest BCUT2D eigenvalue weighted by atomic mass is 9.88. The van der Waals surface area contributed by atoms with Gasteiger partial charge in [0.25, 0.3) is 0 Å². The van der Waals surface area contributed by atoms with E-state index in [1.165, 1.54) is 0 Å². The van der Waals surface area contributed by atoms with Gasteiger partial charge in [-0.05, 0) is 25.3 Å². The lowest BCUT2D eigenvalue weighted by Crippen LogP contribution is -2.21. The third-order valence-corrected chi connectivity index (χ3v) is 3.85. The van der Waals surface area contributed by atoms with Crippen molar-refractivity contribution >= 4 is 17.1 Å². The van der Waals surface area contributed by atoms with Gasteiger partial charge in [0.2, 0.25) is 0 Å². The second-order valence-corrected chi connectivity index (χ2v) is 5.26. The Labute approximate surface area is 98.8 Å². The highest BCUT2D eigenvalue weighted by Crippen LogP contribution is 2.31. The number of nitrogens with two attached hydrogens (primary N) is 1. The smallest absolute Gasteiger partial charge is 0.182 e. The van der Waals surface area contributed by atoms with Gasteiger partial charge >= 0.3 is 0 Å². The van der Waals surface area contributed by atoms with Gasteiger partial charge in [-0.3, -0.25) is 4.79 Å². The van der Waals surface area contributed by atoms with Crippen molar-refractivity contribution in [3.8, 4) is 0 Å². The van der Waals surface area contributed by atoms with Crippen molar-refractivity contribution in [1.29, 1.82) is 0 Å². The second-order valence-electron chi connectivity index (χ2n) is 4.09. The molecule has 2 rings (SSSR count). The first kappa shape index (κ1) is 11.7. The van der Waals surface area contributed by atoms with Crippen molar-refractivity contribution in [2.75, 3.05) is 13.7 Å². The summed E-state index contributed by atoms with van der Waals surface area (Å²) in [5.41, 5.74) is 6.21. The van der Waals surface area contributed by atoms with Gasteiger partial charge in [-0.1, -0.05) is 0 Å². The number of thiazole rings is 1. The molecule has 1 aromatic rings. The van der Waals surface area contributed by atoms with Crippen LogP contribution < -0.4 is 5.73 Å². The van der Waals surface area contributed by atoms with Crippen LogP contribution in [0.5, 0.6) is 0 Å². The molecular formula is C11H16N2O2S. The zero-order chi connectivity index (χ0) is 11.5. The maximum atomic E-state index is 11.9. The molecule has 0 saturated carbocycles. The van der Waals surface area contributed by atoms with E-state index >= 15 is 0 Å². The second kappa shape index (κ2) is 5.03. The molecule has 1 aliphatic rings. The number of hydrogen-bond donors (Lipinski definition) is 1. The number of carbonyl (C=O) groups excluding carboxylic acids is 1. The number of nitrogens with zero attached hydrogens (tertiary/aromatic N) is 1. The molecule has 16 heavy (non-hydrogen) atoms. The van der Waals surface area contributed by atoms with Gasteiger partial charge in [-0.25, -0.2) is 4.98 Å². The van der Waals surface area contributed by atoms with E-state index in [0.29, 0.717) is 31.2 Å². The molecule has 0 aliphatic heterocycles. The molecule has 0 bridgehead atoms. The molecule has 0 spiro atoms. The molecule has 0 saturated heterocycles. The maximum Gasteiger partial charge on any atom is 0.182 e. The molecule has 1 aliphatic carbocycles. The topological polar surface area (TPSA) is 65.2 Å². The van der Waals surface area contributed by atoms with Crippen molar-refractivity contribution < 1.29 is 9.53 Å². The number of Topliss-reactive ketones (excluding diaryl/α,β-unsaturated/α-hetero) is 1. The molecular weight excluding hydrogens is 224 g/mol. The Morgan fingerprint density at radius 3 is 3.06 bits per heavy atom. The highest BCUT2D eigenvalue weighted by molar-refractivity contribution is 7.11. The molecule has 0 fully saturated rings. The van der Waals surface area contributed by atoms with E-state index in [0.717, 1.165) is 22.7 Å². The first-order chi connectivity index (χ1) is 7.74. The van der Waals surface area contributed by atoms with E-state index in [1.54, 1.807) is 18.4 Å². The van der Waals surface area contributed by atoms with E-state index < -0.39 is 0 Å². The quantitative estimate of drug-likeness (QED) is 0.863. The normalized spacial score (nSPS) is 19.9. The Morgan fingerprint density at radius 2 is 2.38 bits per heavy atom. The van der Waals surface area contributed by atoms with E-state index in [9.17, 15) is 4.79 Å². The van der Waals surface area contributed by atoms with Crippen molar-refractivity contribution in [1.82, 2.24) is 4.98 Å². The number of hydrogen-bond acceptors (Lipinski definition) is 5. The lowest BCUT2D eigenvalue weighted by Gasteiger charge is -2.18. The van der Waals surface area contributed by atoms with Gasteiger partial charge in [0.15, 0.2) is 5.78 Å². The summed E-state index contributed by atoms with van der Waals surface area (Å²) in [4.78, 5) is 17.3. The van der Waals surface area contributed by atoms with Crippen LogP contribution in [0.25, 0.3) is 0 Å². The predicted octanol–water partition coefficient (Wildman–Crippen LogP) is 1.38. The van der Waals surface area contributed by atoms with Crippen LogP contribution in [0.3, 0.4) is 0 Å². The molecule has 1 atom stereocenters. The van der Waals surface area contributed by atoms with Crippen molar-refractivity contribution in [3.05, 3.63) is 15.6 Å². The minimum atomic E-state index is 0.165. The van der Waals surface area contributed by atoms with Crippen molar-refractivity contribution in [2.45, 2.75) is 25.9 Å². The Balaban J connectivity index is 2.18. The van der Waals surface area contributed by atoms with Crippen LogP contribution in [-0.2, 0) is 17.8 Å². The van der Waals surface area contributed by atoms with Crippen LogP contribution in [0, 0.1) is 5.92 Å². The fourth-order valence-electron chi connectivity index (χ4n) is 2.07. The summed E-state index contributed by atoms with van der Waals surface area (Å²) in [5.74, 6) is 0.569. The largest absolute Gasteiger partial charge is 0.378 e. The van der Waals surface area contributed by atoms with Crippen LogP contribution in [0.2, 0.25) is 0 Å². The average Bonchev–Trinajstić information content (AvgIpc) is 2.62. The summed E-state index contributed by atoms with van der Waals surface area (Å²) in [5, 5.41) is 0.897. The van der Waals surface area contributed by atoms with Gasteiger partial charge in [0.05, 0.1) is 6.61 Å². The first-order valence-corrected chi connectivity index (χ1v) is 6.27. The zero-order valence-corrected chi connectivity index (χ0v) is 10.2. The number of ketones is 1. The molecule has 88 valence electrons. The third kappa shape index (κ3) is 2.31. The van der Waals surface area contributed by atoms with Crippen LogP contribution >= 0.6 is 11.3 Å². The molecule has 1 aromatic heterocycles. The lowest BCUT2D eigenvalue weighted by molar-refractivity contribution is 0.0942. The summed E-state index contributed by atoms with van der Waals surface area (Å²) in [6.07, 6.45) is 2.46. The number of rotatable bonds is 4. The van der Waals surface area contributed by atoms with E-state index in [-0.39, 0.29) is 5.78 Å². The Bertz CT molecular complexity index is 389. The molecule has 5 heteroatoms. The number of fused-ring (bicyclic) bond motifs is 1. The number of aromatic nitrogens is 1. The van der Waals surface area contributed by atoms with Gasteiger partial charge in [-0.2, -0.15) is 0 Å². The highest BCUT2D eigenvalue weighted by Gasteiger charge is 2.28. The zero-order valence-electron chi connectivity index (χ0n) is 9.36. The van der Waals surface area contributed by atoms with Crippen LogP contribution in [0.1, 0.15) is 33.2 Å². The van der Waals surface area contributed by atoms with E-state index in [2.05, 4.69) is 4.98 Å². The van der Waals surface area contributed by atoms with Crippen molar-refractivity contribution in [2.24, 2.45) is 11.7 Å². The van der Waals surface area contributed by atoms with E-state index in [4.69, 9.17) is 10.5 Å². The Hall–Kier alpha value is -0.780. The monoisotopic (exact) mass is 240 g/mol. The fourth-order valence-corrected chi connectivity index (χ4v) is 3.25. The minimum absolute atomic E-state index is 0.165. The Morgan fingerprint density at radius 1 is 1.56 bits per heavy atom. The number of ether oxygens (including phenoxy) is 1. The molecule has 4 nitrogen and oxygen atoms in total. The number of carbonyl (C=O) groups is 1. The van der Waals surface area contributed by atoms with Gasteiger partial charge in [0, 0.05) is 18.4 Å². The van der Waals surface area contributed by atoms with Crippen LogP contribution in [0.4, 0.5) is 0 Å². The highest BCUT2D eigenvalue weighted by atomic mass is 32.1. The SMILES string of the molecule is COCc1nc2c(s1)CC(CCN)CC2=O. The third-order valence-electron chi connectivity index (χ3n) is 2.80. The Kier molecular flexibility index (Phi) is 3.68. The standard InChI is InChI=1S/C11H16N2O2S/c1-15-6-10-13-11-8(14)4-7(2-3-12)5-9(11)16-10/h7H,2-6,12H2,1H3. The molecule has 0 radical (unpaired) electrons. The molecule has 1 unspecified atom stereocenters. The minimum Gasteiger partial charge on any atom is -0.378 e. The predicted molar refractivity (Wildman–Crippen MR) is 62.6 cm³/mol. The summed E-state index contributed by atoms with van der Waals surface area (Å²) in [6, 6.07) is 0. The summed E-state index contributed by atoms with van der Waals surface area (Å²) in [7, 11) is 1.64. The van der Waals surface area contributed by atoms with Gasteiger partial charge < -0.3 is 10.5 Å². The number of methoxy groups -OCH3 is 1. The summed E-state index contributed by atoms with van der Waals surface area (Å²) >= 11 is 1.60. The van der Waals surface area contributed by atoms with E-state index in [1.807, 2.05) is 0 Å². The van der Waals surface area contributed by atoms with Crippen LogP contribution in [0.15, 0.2) is 0 Å². The molecule has 0 aromatic carbocycles. The van der Waals surface area contributed by atoms with Crippen molar-refractivity contribution in [3.63, 3.8) is 0 Å². The molecule has 1 heterocycles. The van der Waals surface area contributed by atoms with Gasteiger partial charge in [-0.15, -0.1) is 11.3 Å². The summed E-state index contributed by atoms with van der Waals surface area (Å²) < 4.78 is 5.03. The average molecular weight is 240 g/mol. The first-order valence-electron chi connectivity index (χ1n) is 5.45. The fraction of sp³-hybridized carbons (Fsp3) is 0.636. The van der Waals surface area contributed by atoms with Crippen LogP contribution in [-0.4, -0.2) is 24.4 Å². The summed E-state index contributed by atoms with van der Waals surface area (Å²) in [6.45, 7) is 1.14. The molecule has 0 amide bonds. The van der Waals surface area contributed by atoms with Gasteiger partial charge in [0.1, 0.15) is 10.7 Å². The maximum absolute atomic E-state index is 11.9. The molecule has 2 N–H and O–H groups in total.